The third kappa shape index (κ3) is 4.12. The summed E-state index contributed by atoms with van der Waals surface area (Å²) in [5.74, 6) is 0.327. The average molecular weight is 408 g/mol. The third-order valence-electron chi connectivity index (χ3n) is 5.15. The molecule has 0 spiro atoms. The van der Waals surface area contributed by atoms with Crippen LogP contribution in [0.2, 0.25) is 0 Å². The molecular formula is C22H24N4O4. The Morgan fingerprint density at radius 3 is 3.00 bits per heavy atom. The molecule has 4 rings (SSSR count). The number of hydrogen-bond donors (Lipinski definition) is 1. The van der Waals surface area contributed by atoms with Crippen LogP contribution in [0, 0.1) is 0 Å². The van der Waals surface area contributed by atoms with E-state index in [1.165, 1.54) is 0 Å². The number of amides is 1. The molecule has 0 radical (unpaired) electrons. The molecule has 1 aliphatic carbocycles. The number of aryl methyl sites for hydroxylation is 2. The van der Waals surface area contributed by atoms with Crippen molar-refractivity contribution in [3.05, 3.63) is 59.4 Å². The number of fused-ring (bicyclic) bond motifs is 3. The van der Waals surface area contributed by atoms with Crippen molar-refractivity contribution < 1.29 is 18.7 Å². The summed E-state index contributed by atoms with van der Waals surface area (Å²) in [4.78, 5) is 29.0. The smallest absolute Gasteiger partial charge is 0.356 e. The predicted molar refractivity (Wildman–Crippen MR) is 109 cm³/mol. The topological polar surface area (TPSA) is 99.2 Å². The van der Waals surface area contributed by atoms with E-state index in [1.54, 1.807) is 30.1 Å². The normalized spacial score (nSPS) is 12.2. The Bertz CT molecular complexity index is 1040. The number of rotatable bonds is 8. The van der Waals surface area contributed by atoms with Crippen LogP contribution in [0.1, 0.15) is 40.7 Å². The highest BCUT2D eigenvalue weighted by Crippen LogP contribution is 2.34. The Hall–Kier alpha value is -3.42. The van der Waals surface area contributed by atoms with Crippen molar-refractivity contribution in [1.29, 1.82) is 0 Å². The summed E-state index contributed by atoms with van der Waals surface area (Å²) in [5, 5.41) is 7.59. The largest absolute Gasteiger partial charge is 0.469 e. The number of nitrogens with zero attached hydrogens (tertiary/aromatic N) is 3. The van der Waals surface area contributed by atoms with Crippen LogP contribution in [0.15, 0.2) is 41.3 Å². The first-order valence-corrected chi connectivity index (χ1v) is 10.2. The molecule has 3 aromatic heterocycles. The summed E-state index contributed by atoms with van der Waals surface area (Å²) in [6.07, 6.45) is 7.58. The molecule has 3 aromatic rings. The van der Waals surface area contributed by atoms with Crippen LogP contribution >= 0.6 is 0 Å². The number of carbonyl (C=O) groups is 2. The van der Waals surface area contributed by atoms with Crippen molar-refractivity contribution in [1.82, 2.24) is 20.1 Å². The summed E-state index contributed by atoms with van der Waals surface area (Å²) < 4.78 is 12.2. The fourth-order valence-corrected chi connectivity index (χ4v) is 3.74. The van der Waals surface area contributed by atoms with Crippen LogP contribution < -0.4 is 5.32 Å². The van der Waals surface area contributed by atoms with Gasteiger partial charge in [0.15, 0.2) is 0 Å². The maximum absolute atomic E-state index is 12.6. The van der Waals surface area contributed by atoms with Gasteiger partial charge in [-0.3, -0.25) is 14.5 Å². The lowest BCUT2D eigenvalue weighted by Gasteiger charge is -2.14. The first kappa shape index (κ1) is 19.9. The van der Waals surface area contributed by atoms with Gasteiger partial charge in [-0.15, -0.1) is 0 Å². The number of furan rings is 1. The highest BCUT2D eigenvalue weighted by molar-refractivity contribution is 5.92. The van der Waals surface area contributed by atoms with Gasteiger partial charge in [0.1, 0.15) is 11.5 Å². The monoisotopic (exact) mass is 408 g/mol. The van der Waals surface area contributed by atoms with Gasteiger partial charge in [-0.1, -0.05) is 0 Å². The van der Waals surface area contributed by atoms with E-state index < -0.39 is 0 Å². The molecule has 0 fully saturated rings. The second kappa shape index (κ2) is 8.94. The van der Waals surface area contributed by atoms with Gasteiger partial charge in [0.05, 0.1) is 25.1 Å². The van der Waals surface area contributed by atoms with Gasteiger partial charge < -0.3 is 14.5 Å². The molecule has 0 aromatic carbocycles. The van der Waals surface area contributed by atoms with Crippen LogP contribution in [-0.4, -0.2) is 39.8 Å². The van der Waals surface area contributed by atoms with Crippen molar-refractivity contribution in [2.24, 2.45) is 0 Å². The van der Waals surface area contributed by atoms with Crippen molar-refractivity contribution in [3.63, 3.8) is 0 Å². The number of ether oxygens (including phenoxy) is 1. The van der Waals surface area contributed by atoms with Crippen molar-refractivity contribution >= 4 is 11.9 Å². The molecule has 1 aliphatic rings. The van der Waals surface area contributed by atoms with Crippen LogP contribution in [0.25, 0.3) is 11.3 Å². The van der Waals surface area contributed by atoms with Gasteiger partial charge in [-0.25, -0.2) is 4.79 Å². The SMILES string of the molecule is CCOC(=O)c1c2c(nn1CCNC(=O)CCc1ccco1)-c1ccncc1CC2. The summed E-state index contributed by atoms with van der Waals surface area (Å²) in [5.41, 5.74) is 4.29. The zero-order valence-corrected chi connectivity index (χ0v) is 16.9. The van der Waals surface area contributed by atoms with Crippen LogP contribution in [0.3, 0.4) is 0 Å². The van der Waals surface area contributed by atoms with Gasteiger partial charge in [-0.05, 0) is 43.5 Å². The standard InChI is InChI=1S/C22H24N4O4/c1-2-29-22(28)21-18-7-5-15-14-23-10-9-17(15)20(18)25-26(21)12-11-24-19(27)8-6-16-4-3-13-30-16/h3-4,9-10,13-14H,2,5-8,11-12H2,1H3,(H,24,27). The minimum absolute atomic E-state index is 0.0718. The van der Waals surface area contributed by atoms with Gasteiger partial charge in [0.2, 0.25) is 5.91 Å². The zero-order chi connectivity index (χ0) is 20.9. The van der Waals surface area contributed by atoms with E-state index in [1.807, 2.05) is 18.3 Å². The van der Waals surface area contributed by atoms with Crippen molar-refractivity contribution in [2.75, 3.05) is 13.2 Å². The highest BCUT2D eigenvalue weighted by Gasteiger charge is 2.29. The summed E-state index contributed by atoms with van der Waals surface area (Å²) in [6.45, 7) is 2.83. The average Bonchev–Trinajstić information content (AvgIpc) is 3.40. The lowest BCUT2D eigenvalue weighted by Crippen LogP contribution is -2.28. The molecule has 156 valence electrons. The molecule has 8 nitrogen and oxygen atoms in total. The Morgan fingerprint density at radius 1 is 1.30 bits per heavy atom. The van der Waals surface area contributed by atoms with E-state index in [0.29, 0.717) is 44.7 Å². The summed E-state index contributed by atoms with van der Waals surface area (Å²) >= 11 is 0. The lowest BCUT2D eigenvalue weighted by molar-refractivity contribution is -0.121. The van der Waals surface area contributed by atoms with Gasteiger partial charge >= 0.3 is 5.97 Å². The zero-order valence-electron chi connectivity index (χ0n) is 16.9. The van der Waals surface area contributed by atoms with E-state index in [4.69, 9.17) is 14.3 Å². The molecule has 0 bridgehead atoms. The number of pyridine rings is 1. The predicted octanol–water partition coefficient (Wildman–Crippen LogP) is 2.56. The quantitative estimate of drug-likeness (QED) is 0.575. The minimum Gasteiger partial charge on any atom is -0.469 e. The lowest BCUT2D eigenvalue weighted by atomic mass is 9.90. The molecule has 0 saturated carbocycles. The minimum atomic E-state index is -0.382. The summed E-state index contributed by atoms with van der Waals surface area (Å²) in [7, 11) is 0. The Kier molecular flexibility index (Phi) is 5.92. The molecule has 30 heavy (non-hydrogen) atoms. The molecule has 0 saturated heterocycles. The van der Waals surface area contributed by atoms with Crippen LogP contribution in [-0.2, 0) is 35.3 Å². The van der Waals surface area contributed by atoms with E-state index >= 15 is 0 Å². The molecule has 0 unspecified atom stereocenters. The van der Waals surface area contributed by atoms with E-state index in [0.717, 1.165) is 34.6 Å². The van der Waals surface area contributed by atoms with E-state index in [-0.39, 0.29) is 11.9 Å². The maximum atomic E-state index is 12.6. The van der Waals surface area contributed by atoms with E-state index in [9.17, 15) is 9.59 Å². The molecule has 3 heterocycles. The third-order valence-corrected chi connectivity index (χ3v) is 5.15. The molecule has 8 heteroatoms. The number of aromatic nitrogens is 3. The molecule has 0 aliphatic heterocycles. The molecule has 1 amide bonds. The van der Waals surface area contributed by atoms with Crippen molar-refractivity contribution in [2.45, 2.75) is 39.2 Å². The van der Waals surface area contributed by atoms with E-state index in [2.05, 4.69) is 10.3 Å². The van der Waals surface area contributed by atoms with Gasteiger partial charge in [0, 0.05) is 42.9 Å². The number of nitrogens with one attached hydrogen (secondary N) is 1. The second-order valence-electron chi connectivity index (χ2n) is 7.08. The Labute approximate surface area is 174 Å². The highest BCUT2D eigenvalue weighted by atomic mass is 16.5. The fraction of sp³-hybridized carbons (Fsp3) is 0.364. The fourth-order valence-electron chi connectivity index (χ4n) is 3.74. The number of hydrogen-bond acceptors (Lipinski definition) is 6. The van der Waals surface area contributed by atoms with Crippen LogP contribution in [0.5, 0.6) is 0 Å². The molecule has 0 atom stereocenters. The maximum Gasteiger partial charge on any atom is 0.356 e. The van der Waals surface area contributed by atoms with Crippen molar-refractivity contribution in [3.8, 4) is 11.3 Å². The van der Waals surface area contributed by atoms with Crippen LogP contribution in [0.4, 0.5) is 0 Å². The first-order chi connectivity index (χ1) is 14.7. The van der Waals surface area contributed by atoms with Gasteiger partial charge in [0.25, 0.3) is 0 Å². The second-order valence-corrected chi connectivity index (χ2v) is 7.08. The molecule has 1 N–H and O–H groups in total. The number of carbonyl (C=O) groups excluding carboxylic acids is 2. The first-order valence-electron chi connectivity index (χ1n) is 10.2. The Morgan fingerprint density at radius 2 is 2.20 bits per heavy atom. The van der Waals surface area contributed by atoms with Gasteiger partial charge in [-0.2, -0.15) is 5.10 Å². The molecular weight excluding hydrogens is 384 g/mol. The summed E-state index contributed by atoms with van der Waals surface area (Å²) in [6, 6.07) is 5.58. The Balaban J connectivity index is 1.48. The number of esters is 1.